The van der Waals surface area contributed by atoms with E-state index in [4.69, 9.17) is 0 Å². The molecular weight excluding hydrogens is 507 g/mol. The van der Waals surface area contributed by atoms with Crippen LogP contribution < -0.4 is 10.6 Å². The maximum absolute atomic E-state index is 12.7. The largest absolute Gasteiger partial charge is 0.352 e. The molecule has 0 amide bonds. The van der Waals surface area contributed by atoms with Crippen LogP contribution in [0.5, 0.6) is 0 Å². The second-order valence-corrected chi connectivity index (χ2v) is 9.24. The van der Waals surface area contributed by atoms with Gasteiger partial charge >= 0.3 is 0 Å². The fraction of sp³-hybridized carbons (Fsp3) is 0.421. The van der Waals surface area contributed by atoms with E-state index in [0.717, 1.165) is 31.4 Å². The predicted molar refractivity (Wildman–Crippen MR) is 126 cm³/mol. The lowest BCUT2D eigenvalue weighted by Gasteiger charge is -2.25. The summed E-state index contributed by atoms with van der Waals surface area (Å²) in [5, 5.41) is 10.7. The molecule has 9 heteroatoms. The third kappa shape index (κ3) is 6.16. The standard InChI is InChI=1S/C19H26N4O2S2.HI/c1-20-19(22-14-17-9-12-26-15-17)21-13-16-5-7-18(8-6-16)27(24,25)23-10-3-2-4-11-23;/h5-9,12,15H,2-4,10-11,13-14H2,1H3,(H2,20,21,22);1H. The van der Waals surface area contributed by atoms with Crippen LogP contribution in [0.1, 0.15) is 30.4 Å². The first-order valence-electron chi connectivity index (χ1n) is 9.14. The van der Waals surface area contributed by atoms with Crippen LogP contribution in [0.25, 0.3) is 0 Å². The number of hydrogen-bond acceptors (Lipinski definition) is 4. The monoisotopic (exact) mass is 534 g/mol. The van der Waals surface area contributed by atoms with Crippen LogP contribution in [0.15, 0.2) is 51.0 Å². The van der Waals surface area contributed by atoms with E-state index >= 15 is 0 Å². The van der Waals surface area contributed by atoms with Crippen molar-refractivity contribution in [1.29, 1.82) is 0 Å². The van der Waals surface area contributed by atoms with Crippen molar-refractivity contribution in [3.05, 3.63) is 52.2 Å². The highest BCUT2D eigenvalue weighted by Crippen LogP contribution is 2.20. The highest BCUT2D eigenvalue weighted by Gasteiger charge is 2.25. The first-order valence-corrected chi connectivity index (χ1v) is 11.5. The van der Waals surface area contributed by atoms with Crippen LogP contribution >= 0.6 is 35.3 Å². The van der Waals surface area contributed by atoms with E-state index in [1.807, 2.05) is 17.5 Å². The Labute approximate surface area is 188 Å². The second-order valence-electron chi connectivity index (χ2n) is 6.52. The molecule has 1 saturated heterocycles. The lowest BCUT2D eigenvalue weighted by molar-refractivity contribution is 0.346. The average molecular weight is 534 g/mol. The summed E-state index contributed by atoms with van der Waals surface area (Å²) < 4.78 is 27.0. The van der Waals surface area contributed by atoms with Crippen molar-refractivity contribution < 1.29 is 8.42 Å². The maximum atomic E-state index is 12.7. The Morgan fingerprint density at radius 1 is 1.04 bits per heavy atom. The number of piperidine rings is 1. The van der Waals surface area contributed by atoms with Gasteiger partial charge in [0, 0.05) is 33.2 Å². The highest BCUT2D eigenvalue weighted by molar-refractivity contribution is 14.0. The summed E-state index contributed by atoms with van der Waals surface area (Å²) in [6, 6.07) is 9.18. The number of hydrogen-bond donors (Lipinski definition) is 2. The Kier molecular flexibility index (Phi) is 9.19. The third-order valence-corrected chi connectivity index (χ3v) is 7.24. The summed E-state index contributed by atoms with van der Waals surface area (Å²) in [7, 11) is -1.64. The van der Waals surface area contributed by atoms with Crippen molar-refractivity contribution in [2.45, 2.75) is 37.2 Å². The molecule has 0 aliphatic carbocycles. The van der Waals surface area contributed by atoms with Gasteiger partial charge in [-0.25, -0.2) is 8.42 Å². The molecule has 0 atom stereocenters. The van der Waals surface area contributed by atoms with E-state index in [-0.39, 0.29) is 24.0 Å². The molecule has 2 aromatic rings. The van der Waals surface area contributed by atoms with Crippen LogP contribution in [0.3, 0.4) is 0 Å². The topological polar surface area (TPSA) is 73.8 Å². The molecule has 6 nitrogen and oxygen atoms in total. The lowest BCUT2D eigenvalue weighted by Crippen LogP contribution is -2.36. The zero-order valence-electron chi connectivity index (χ0n) is 15.9. The molecule has 1 fully saturated rings. The first kappa shape index (κ1) is 23.1. The van der Waals surface area contributed by atoms with Crippen molar-refractivity contribution in [2.75, 3.05) is 20.1 Å². The summed E-state index contributed by atoms with van der Waals surface area (Å²) in [6.45, 7) is 2.54. The van der Waals surface area contributed by atoms with Gasteiger partial charge < -0.3 is 10.6 Å². The molecular formula is C19H27IN4O2S2. The van der Waals surface area contributed by atoms with Gasteiger partial charge in [-0.05, 0) is 52.9 Å². The summed E-state index contributed by atoms with van der Waals surface area (Å²) in [5.41, 5.74) is 2.22. The van der Waals surface area contributed by atoms with Crippen LogP contribution in [0.2, 0.25) is 0 Å². The Morgan fingerprint density at radius 2 is 1.68 bits per heavy atom. The van der Waals surface area contributed by atoms with E-state index in [9.17, 15) is 8.42 Å². The van der Waals surface area contributed by atoms with Crippen molar-refractivity contribution in [3.8, 4) is 0 Å². The summed E-state index contributed by atoms with van der Waals surface area (Å²) in [5.74, 6) is 0.714. The number of nitrogens with zero attached hydrogens (tertiary/aromatic N) is 2. The minimum absolute atomic E-state index is 0. The van der Waals surface area contributed by atoms with Gasteiger partial charge in [0.15, 0.2) is 5.96 Å². The number of rotatable bonds is 6. The quantitative estimate of drug-likeness (QED) is 0.339. The number of sulfonamides is 1. The molecule has 154 valence electrons. The molecule has 2 N–H and O–H groups in total. The van der Waals surface area contributed by atoms with E-state index in [2.05, 4.69) is 27.1 Å². The molecule has 1 aliphatic heterocycles. The van der Waals surface area contributed by atoms with Crippen LogP contribution in [-0.4, -0.2) is 38.8 Å². The lowest BCUT2D eigenvalue weighted by atomic mass is 10.2. The van der Waals surface area contributed by atoms with Crippen LogP contribution in [0.4, 0.5) is 0 Å². The zero-order valence-corrected chi connectivity index (χ0v) is 19.9. The third-order valence-electron chi connectivity index (χ3n) is 4.60. The van der Waals surface area contributed by atoms with E-state index in [1.165, 1.54) is 5.56 Å². The van der Waals surface area contributed by atoms with Crippen molar-refractivity contribution in [2.24, 2.45) is 4.99 Å². The minimum Gasteiger partial charge on any atom is -0.352 e. The Balaban J connectivity index is 0.00000280. The number of nitrogens with one attached hydrogen (secondary N) is 2. The van der Waals surface area contributed by atoms with E-state index in [0.29, 0.717) is 30.5 Å². The number of halogens is 1. The summed E-state index contributed by atoms with van der Waals surface area (Å²) >= 11 is 1.67. The number of aliphatic imine (C=N–C) groups is 1. The van der Waals surface area contributed by atoms with Gasteiger partial charge in [0.25, 0.3) is 0 Å². The second kappa shape index (κ2) is 11.1. The molecule has 1 aliphatic rings. The number of guanidine groups is 1. The molecule has 2 heterocycles. The number of benzene rings is 1. The van der Waals surface area contributed by atoms with Crippen LogP contribution in [-0.2, 0) is 23.1 Å². The van der Waals surface area contributed by atoms with Gasteiger partial charge in [-0.1, -0.05) is 18.6 Å². The van der Waals surface area contributed by atoms with Crippen molar-refractivity contribution in [1.82, 2.24) is 14.9 Å². The molecule has 0 spiro atoms. The van der Waals surface area contributed by atoms with E-state index in [1.54, 1.807) is 34.8 Å². The fourth-order valence-corrected chi connectivity index (χ4v) is 5.20. The average Bonchev–Trinajstić information content (AvgIpc) is 3.23. The molecule has 3 rings (SSSR count). The summed E-state index contributed by atoms with van der Waals surface area (Å²) in [4.78, 5) is 4.58. The maximum Gasteiger partial charge on any atom is 0.243 e. The Bertz CT molecular complexity index is 847. The van der Waals surface area contributed by atoms with Gasteiger partial charge in [-0.15, -0.1) is 24.0 Å². The van der Waals surface area contributed by atoms with Crippen molar-refractivity contribution >= 4 is 51.3 Å². The molecule has 0 saturated carbocycles. The first-order chi connectivity index (χ1) is 13.1. The molecule has 0 bridgehead atoms. The molecule has 1 aromatic carbocycles. The minimum atomic E-state index is -3.37. The fourth-order valence-electron chi connectivity index (χ4n) is 3.02. The SMILES string of the molecule is CN=C(NCc1ccc(S(=O)(=O)N2CCCCC2)cc1)NCc1ccsc1.I. The van der Waals surface area contributed by atoms with Crippen molar-refractivity contribution in [3.63, 3.8) is 0 Å². The van der Waals surface area contributed by atoms with Gasteiger partial charge in [0.1, 0.15) is 0 Å². The number of thiophene rings is 1. The normalized spacial score (nSPS) is 15.7. The molecule has 0 radical (unpaired) electrons. The molecule has 0 unspecified atom stereocenters. The smallest absolute Gasteiger partial charge is 0.243 e. The predicted octanol–water partition coefficient (Wildman–Crippen LogP) is 3.41. The van der Waals surface area contributed by atoms with Gasteiger partial charge in [-0.2, -0.15) is 15.6 Å². The van der Waals surface area contributed by atoms with Gasteiger partial charge in [-0.3, -0.25) is 4.99 Å². The van der Waals surface area contributed by atoms with Gasteiger partial charge in [0.2, 0.25) is 10.0 Å². The Hall–Kier alpha value is -1.17. The van der Waals surface area contributed by atoms with Gasteiger partial charge in [0.05, 0.1) is 4.90 Å². The highest BCUT2D eigenvalue weighted by atomic mass is 127. The van der Waals surface area contributed by atoms with E-state index < -0.39 is 10.0 Å². The van der Waals surface area contributed by atoms with Crippen LogP contribution in [0, 0.1) is 0 Å². The molecule has 1 aromatic heterocycles. The summed E-state index contributed by atoms with van der Waals surface area (Å²) in [6.07, 6.45) is 3.00. The Morgan fingerprint density at radius 3 is 2.25 bits per heavy atom. The molecule has 28 heavy (non-hydrogen) atoms. The zero-order chi connectivity index (χ0) is 19.1.